The van der Waals surface area contributed by atoms with Crippen LogP contribution in [0.4, 0.5) is 0 Å². The van der Waals surface area contributed by atoms with Crippen LogP contribution < -0.4 is 4.74 Å². The standard InChI is InChI=1S/C24H26ClNO5/c1-15(2)31-19-11-7-17(8-12-19)22(27)20-21(16-5-9-18(25)10-6-16)26(13-4-14-30-3)24(29)23(20)28/h5-12,15,21,27H,4,13-14H2,1-3H3/b22-20-. The van der Waals surface area contributed by atoms with Gasteiger partial charge in [0.25, 0.3) is 11.7 Å². The van der Waals surface area contributed by atoms with Crippen molar-refractivity contribution in [2.45, 2.75) is 32.4 Å². The molecular formula is C24H26ClNO5. The van der Waals surface area contributed by atoms with Gasteiger partial charge in [0.15, 0.2) is 0 Å². The monoisotopic (exact) mass is 443 g/mol. The minimum absolute atomic E-state index is 0.0155. The zero-order chi connectivity index (χ0) is 22.5. The third-order valence-electron chi connectivity index (χ3n) is 4.97. The van der Waals surface area contributed by atoms with Crippen LogP contribution in [0.15, 0.2) is 54.1 Å². The summed E-state index contributed by atoms with van der Waals surface area (Å²) >= 11 is 6.02. The second kappa shape index (κ2) is 9.98. The molecular weight excluding hydrogens is 418 g/mol. The lowest BCUT2D eigenvalue weighted by Gasteiger charge is -2.25. The molecule has 0 radical (unpaired) electrons. The topological polar surface area (TPSA) is 76.1 Å². The number of hydrogen-bond acceptors (Lipinski definition) is 5. The molecule has 1 aliphatic heterocycles. The van der Waals surface area contributed by atoms with E-state index in [1.165, 1.54) is 4.90 Å². The van der Waals surface area contributed by atoms with Gasteiger partial charge in [-0.3, -0.25) is 9.59 Å². The van der Waals surface area contributed by atoms with Gasteiger partial charge in [-0.2, -0.15) is 0 Å². The number of hydrogen-bond donors (Lipinski definition) is 1. The number of ether oxygens (including phenoxy) is 2. The Bertz CT molecular complexity index is 966. The number of halogens is 1. The number of aliphatic hydroxyl groups excluding tert-OH is 1. The molecule has 1 atom stereocenters. The fourth-order valence-electron chi connectivity index (χ4n) is 3.60. The van der Waals surface area contributed by atoms with Crippen molar-refractivity contribution in [2.75, 3.05) is 20.3 Å². The lowest BCUT2D eigenvalue weighted by atomic mass is 9.95. The third kappa shape index (κ3) is 5.09. The first-order valence-corrected chi connectivity index (χ1v) is 10.5. The second-order valence-corrected chi connectivity index (χ2v) is 8.02. The van der Waals surface area contributed by atoms with Crippen molar-refractivity contribution in [3.05, 3.63) is 70.3 Å². The molecule has 0 saturated carbocycles. The highest BCUT2D eigenvalue weighted by atomic mass is 35.5. The number of amides is 1. The van der Waals surface area contributed by atoms with E-state index in [1.54, 1.807) is 55.6 Å². The van der Waals surface area contributed by atoms with Gasteiger partial charge >= 0.3 is 0 Å². The van der Waals surface area contributed by atoms with Crippen LogP contribution in [0.25, 0.3) is 5.76 Å². The fourth-order valence-corrected chi connectivity index (χ4v) is 3.73. The van der Waals surface area contributed by atoms with E-state index in [-0.39, 0.29) is 17.4 Å². The lowest BCUT2D eigenvalue weighted by molar-refractivity contribution is -0.140. The number of carbonyl (C=O) groups is 2. The van der Waals surface area contributed by atoms with Crippen molar-refractivity contribution in [1.82, 2.24) is 4.90 Å². The summed E-state index contributed by atoms with van der Waals surface area (Å²) in [5.41, 5.74) is 1.19. The van der Waals surface area contributed by atoms with Gasteiger partial charge < -0.3 is 19.5 Å². The van der Waals surface area contributed by atoms with Crippen LogP contribution in [0.1, 0.15) is 37.4 Å². The predicted octanol–water partition coefficient (Wildman–Crippen LogP) is 4.59. The van der Waals surface area contributed by atoms with E-state index < -0.39 is 17.7 Å². The summed E-state index contributed by atoms with van der Waals surface area (Å²) in [6, 6.07) is 13.0. The van der Waals surface area contributed by atoms with Gasteiger partial charge in [-0.1, -0.05) is 23.7 Å². The van der Waals surface area contributed by atoms with Gasteiger partial charge in [-0.05, 0) is 62.2 Å². The number of nitrogens with zero attached hydrogens (tertiary/aromatic N) is 1. The fraction of sp³-hybridized carbons (Fsp3) is 0.333. The molecule has 0 bridgehead atoms. The van der Waals surface area contributed by atoms with E-state index >= 15 is 0 Å². The summed E-state index contributed by atoms with van der Waals surface area (Å²) in [4.78, 5) is 27.2. The molecule has 164 valence electrons. The molecule has 1 N–H and O–H groups in total. The number of likely N-dealkylation sites (tertiary alicyclic amines) is 1. The summed E-state index contributed by atoms with van der Waals surface area (Å²) in [6.45, 7) is 4.62. The summed E-state index contributed by atoms with van der Waals surface area (Å²) in [5, 5.41) is 11.6. The first kappa shape index (κ1) is 22.8. The smallest absolute Gasteiger partial charge is 0.295 e. The van der Waals surface area contributed by atoms with Crippen LogP contribution in [-0.4, -0.2) is 48.1 Å². The van der Waals surface area contributed by atoms with Crippen LogP contribution in [0.3, 0.4) is 0 Å². The number of ketones is 1. The molecule has 2 aromatic carbocycles. The van der Waals surface area contributed by atoms with Crippen molar-refractivity contribution in [3.8, 4) is 5.75 Å². The maximum absolute atomic E-state index is 12.9. The van der Waals surface area contributed by atoms with Gasteiger partial charge in [0, 0.05) is 30.8 Å². The molecule has 7 heteroatoms. The summed E-state index contributed by atoms with van der Waals surface area (Å²) < 4.78 is 10.7. The number of methoxy groups -OCH3 is 1. The molecule has 1 fully saturated rings. The number of benzene rings is 2. The molecule has 0 spiro atoms. The average Bonchev–Trinajstić information content (AvgIpc) is 2.99. The van der Waals surface area contributed by atoms with Crippen LogP contribution in [0, 0.1) is 0 Å². The largest absolute Gasteiger partial charge is 0.507 e. The maximum atomic E-state index is 12.9. The van der Waals surface area contributed by atoms with E-state index in [4.69, 9.17) is 21.1 Å². The normalized spacial score (nSPS) is 18.1. The van der Waals surface area contributed by atoms with Crippen LogP contribution in [-0.2, 0) is 14.3 Å². The molecule has 2 aromatic rings. The molecule has 31 heavy (non-hydrogen) atoms. The van der Waals surface area contributed by atoms with E-state index in [1.807, 2.05) is 13.8 Å². The summed E-state index contributed by atoms with van der Waals surface area (Å²) in [5.74, 6) is -0.917. The van der Waals surface area contributed by atoms with Gasteiger partial charge in [-0.15, -0.1) is 0 Å². The van der Waals surface area contributed by atoms with Gasteiger partial charge in [-0.25, -0.2) is 0 Å². The second-order valence-electron chi connectivity index (χ2n) is 7.58. The minimum atomic E-state index is -0.711. The Morgan fingerprint density at radius 3 is 2.32 bits per heavy atom. The Morgan fingerprint density at radius 2 is 1.74 bits per heavy atom. The molecule has 1 heterocycles. The molecule has 3 rings (SSSR count). The van der Waals surface area contributed by atoms with Crippen molar-refractivity contribution in [3.63, 3.8) is 0 Å². The van der Waals surface area contributed by atoms with Crippen molar-refractivity contribution >= 4 is 29.1 Å². The highest BCUT2D eigenvalue weighted by Gasteiger charge is 2.45. The zero-order valence-corrected chi connectivity index (χ0v) is 18.6. The Morgan fingerprint density at radius 1 is 1.10 bits per heavy atom. The van der Waals surface area contributed by atoms with E-state index in [2.05, 4.69) is 0 Å². The predicted molar refractivity (Wildman–Crippen MR) is 119 cm³/mol. The Labute approximate surface area is 187 Å². The van der Waals surface area contributed by atoms with Gasteiger partial charge in [0.05, 0.1) is 17.7 Å². The first-order chi connectivity index (χ1) is 14.8. The van der Waals surface area contributed by atoms with Crippen molar-refractivity contribution < 1.29 is 24.2 Å². The number of carbonyl (C=O) groups excluding carboxylic acids is 2. The lowest BCUT2D eigenvalue weighted by Crippen LogP contribution is -2.31. The van der Waals surface area contributed by atoms with Crippen molar-refractivity contribution in [2.24, 2.45) is 0 Å². The Kier molecular flexibility index (Phi) is 7.36. The summed E-state index contributed by atoms with van der Waals surface area (Å²) in [6.07, 6.45) is 0.580. The van der Waals surface area contributed by atoms with Gasteiger partial charge in [0.2, 0.25) is 0 Å². The molecule has 1 unspecified atom stereocenters. The molecule has 1 amide bonds. The van der Waals surface area contributed by atoms with Crippen LogP contribution >= 0.6 is 11.6 Å². The van der Waals surface area contributed by atoms with E-state index in [9.17, 15) is 14.7 Å². The average molecular weight is 444 g/mol. The Balaban J connectivity index is 2.04. The quantitative estimate of drug-likeness (QED) is 0.279. The van der Waals surface area contributed by atoms with Crippen LogP contribution in [0.5, 0.6) is 5.75 Å². The van der Waals surface area contributed by atoms with Gasteiger partial charge in [0.1, 0.15) is 11.5 Å². The molecule has 1 aliphatic rings. The van der Waals surface area contributed by atoms with Crippen molar-refractivity contribution in [1.29, 1.82) is 0 Å². The minimum Gasteiger partial charge on any atom is -0.507 e. The van der Waals surface area contributed by atoms with E-state index in [0.717, 1.165) is 0 Å². The number of Topliss-reactive ketones (excluding diaryl/α,β-unsaturated/α-hetero) is 1. The first-order valence-electron chi connectivity index (χ1n) is 10.1. The van der Waals surface area contributed by atoms with Crippen LogP contribution in [0.2, 0.25) is 5.02 Å². The molecule has 1 saturated heterocycles. The highest BCUT2D eigenvalue weighted by Crippen LogP contribution is 2.39. The summed E-state index contributed by atoms with van der Waals surface area (Å²) in [7, 11) is 1.58. The maximum Gasteiger partial charge on any atom is 0.295 e. The number of rotatable bonds is 8. The SMILES string of the molecule is COCCCN1C(=O)C(=O)/C(=C(\O)c2ccc(OC(C)C)cc2)C1c1ccc(Cl)cc1. The Hall–Kier alpha value is -2.83. The molecule has 0 aromatic heterocycles. The highest BCUT2D eigenvalue weighted by molar-refractivity contribution is 6.46. The third-order valence-corrected chi connectivity index (χ3v) is 5.22. The molecule has 6 nitrogen and oxygen atoms in total. The zero-order valence-electron chi connectivity index (χ0n) is 17.8. The van der Waals surface area contributed by atoms with E-state index in [0.29, 0.717) is 41.5 Å². The number of aliphatic hydroxyl groups is 1. The molecule has 0 aliphatic carbocycles.